The lowest BCUT2D eigenvalue weighted by Gasteiger charge is -2.20. The van der Waals surface area contributed by atoms with Crippen LogP contribution in [0.25, 0.3) is 0 Å². The average Bonchev–Trinajstić information content (AvgIpc) is 2.15. The Hall–Kier alpha value is -1.59. The van der Waals surface area contributed by atoms with Gasteiger partial charge in [-0.3, -0.25) is 14.4 Å². The maximum atomic E-state index is 11.4. The van der Waals surface area contributed by atoms with Gasteiger partial charge in [0.05, 0.1) is 12.5 Å². The summed E-state index contributed by atoms with van der Waals surface area (Å²) in [5, 5.41) is 11.3. The van der Waals surface area contributed by atoms with E-state index in [0.29, 0.717) is 0 Å². The molecule has 0 aliphatic carbocycles. The molecule has 0 radical (unpaired) electrons. The minimum absolute atomic E-state index is 0.0635. The zero-order chi connectivity index (χ0) is 12.9. The number of aliphatic carboxylic acids is 1. The van der Waals surface area contributed by atoms with Crippen LogP contribution in [-0.4, -0.2) is 47.4 Å². The zero-order valence-electron chi connectivity index (χ0n) is 9.98. The van der Waals surface area contributed by atoms with Crippen molar-refractivity contribution < 1.29 is 19.5 Å². The first kappa shape index (κ1) is 14.4. The van der Waals surface area contributed by atoms with Crippen LogP contribution in [0.5, 0.6) is 0 Å². The fourth-order valence-electron chi connectivity index (χ4n) is 0.965. The number of carboxylic acids is 1. The summed E-state index contributed by atoms with van der Waals surface area (Å²) in [5.41, 5.74) is 0. The highest BCUT2D eigenvalue weighted by Gasteiger charge is 2.21. The normalized spacial score (nSPS) is 13.8. The van der Waals surface area contributed by atoms with Crippen molar-refractivity contribution in [2.75, 3.05) is 13.6 Å². The highest BCUT2D eigenvalue weighted by molar-refractivity contribution is 5.84. The van der Waals surface area contributed by atoms with E-state index in [0.717, 1.165) is 0 Å². The van der Waals surface area contributed by atoms with E-state index in [2.05, 4.69) is 5.32 Å². The van der Waals surface area contributed by atoms with Gasteiger partial charge < -0.3 is 15.3 Å². The van der Waals surface area contributed by atoms with Crippen LogP contribution in [0.3, 0.4) is 0 Å². The Labute approximate surface area is 94.6 Å². The van der Waals surface area contributed by atoms with Crippen LogP contribution in [0.2, 0.25) is 0 Å². The Kier molecular flexibility index (Phi) is 5.49. The van der Waals surface area contributed by atoms with E-state index in [-0.39, 0.29) is 18.4 Å². The lowest BCUT2D eigenvalue weighted by Crippen LogP contribution is -2.44. The van der Waals surface area contributed by atoms with Crippen molar-refractivity contribution in [1.29, 1.82) is 0 Å². The van der Waals surface area contributed by atoms with Crippen molar-refractivity contribution in [3.63, 3.8) is 0 Å². The number of hydrogen-bond donors (Lipinski definition) is 2. The smallest absolute Gasteiger partial charge is 0.308 e. The lowest BCUT2D eigenvalue weighted by atomic mass is 10.0. The Morgan fingerprint density at radius 3 is 2.19 bits per heavy atom. The van der Waals surface area contributed by atoms with Crippen LogP contribution in [0.1, 0.15) is 20.8 Å². The van der Waals surface area contributed by atoms with E-state index in [1.165, 1.54) is 25.8 Å². The van der Waals surface area contributed by atoms with Crippen LogP contribution >= 0.6 is 0 Å². The van der Waals surface area contributed by atoms with Gasteiger partial charge in [0.15, 0.2) is 0 Å². The summed E-state index contributed by atoms with van der Waals surface area (Å²) < 4.78 is 0. The van der Waals surface area contributed by atoms with Gasteiger partial charge in [-0.05, 0) is 13.8 Å². The van der Waals surface area contributed by atoms with Gasteiger partial charge in [0, 0.05) is 20.0 Å². The Morgan fingerprint density at radius 2 is 1.81 bits per heavy atom. The summed E-state index contributed by atoms with van der Waals surface area (Å²) >= 11 is 0. The molecular formula is C10H18N2O4. The maximum absolute atomic E-state index is 11.4. The number of nitrogens with one attached hydrogen (secondary N) is 1. The van der Waals surface area contributed by atoms with Crippen LogP contribution in [-0.2, 0) is 14.4 Å². The molecule has 0 fully saturated rings. The van der Waals surface area contributed by atoms with E-state index < -0.39 is 17.9 Å². The van der Waals surface area contributed by atoms with E-state index >= 15 is 0 Å². The van der Waals surface area contributed by atoms with Gasteiger partial charge in [-0.1, -0.05) is 0 Å². The molecule has 0 aromatic rings. The molecule has 6 heteroatoms. The predicted octanol–water partition coefficient (Wildman–Crippen LogP) is -0.310. The summed E-state index contributed by atoms with van der Waals surface area (Å²) in [5.74, 6) is -2.20. The number of carbonyl (C=O) groups is 3. The van der Waals surface area contributed by atoms with Crippen LogP contribution in [0.4, 0.5) is 0 Å². The van der Waals surface area contributed by atoms with Crippen molar-refractivity contribution >= 4 is 17.8 Å². The summed E-state index contributed by atoms with van der Waals surface area (Å²) in [6, 6.07) is -0.467. The Balaban J connectivity index is 4.15. The number of carbonyl (C=O) groups excluding carboxylic acids is 2. The van der Waals surface area contributed by atoms with E-state index in [1.54, 1.807) is 6.92 Å². The summed E-state index contributed by atoms with van der Waals surface area (Å²) in [6.45, 7) is 4.43. The van der Waals surface area contributed by atoms with E-state index in [1.807, 2.05) is 0 Å². The molecule has 0 aliphatic heterocycles. The SMILES string of the molecule is CC(=O)N(C)CC(=O)NC(C)C(C)C(=O)O. The second-order valence-corrected chi connectivity index (χ2v) is 3.86. The molecule has 0 heterocycles. The number of nitrogens with zero attached hydrogens (tertiary/aromatic N) is 1. The first-order valence-corrected chi connectivity index (χ1v) is 4.99. The standard InChI is InChI=1S/C10H18N2O4/c1-6(10(15)16)7(2)11-9(14)5-12(4)8(3)13/h6-7H,5H2,1-4H3,(H,11,14)(H,15,16). The first-order chi connectivity index (χ1) is 7.25. The minimum Gasteiger partial charge on any atom is -0.481 e. The van der Waals surface area contributed by atoms with Gasteiger partial charge in [-0.15, -0.1) is 0 Å². The van der Waals surface area contributed by atoms with Crippen LogP contribution in [0, 0.1) is 5.92 Å². The molecule has 0 bridgehead atoms. The average molecular weight is 230 g/mol. The molecule has 2 unspecified atom stereocenters. The van der Waals surface area contributed by atoms with Crippen LogP contribution < -0.4 is 5.32 Å². The van der Waals surface area contributed by atoms with Crippen molar-refractivity contribution in [3.05, 3.63) is 0 Å². The molecule has 2 atom stereocenters. The molecule has 0 saturated heterocycles. The number of amides is 2. The highest BCUT2D eigenvalue weighted by atomic mass is 16.4. The molecule has 0 aromatic heterocycles. The molecule has 0 spiro atoms. The largest absolute Gasteiger partial charge is 0.481 e. The number of hydrogen-bond acceptors (Lipinski definition) is 3. The van der Waals surface area contributed by atoms with Gasteiger partial charge in [-0.25, -0.2) is 0 Å². The fraction of sp³-hybridized carbons (Fsp3) is 0.700. The predicted molar refractivity (Wildman–Crippen MR) is 57.7 cm³/mol. The molecular weight excluding hydrogens is 212 g/mol. The van der Waals surface area contributed by atoms with Crippen molar-refractivity contribution in [3.8, 4) is 0 Å². The minimum atomic E-state index is -0.965. The van der Waals surface area contributed by atoms with Gasteiger partial charge in [0.2, 0.25) is 11.8 Å². The maximum Gasteiger partial charge on any atom is 0.308 e. The van der Waals surface area contributed by atoms with Crippen molar-refractivity contribution in [2.24, 2.45) is 5.92 Å². The molecule has 6 nitrogen and oxygen atoms in total. The quantitative estimate of drug-likeness (QED) is 0.678. The summed E-state index contributed by atoms with van der Waals surface area (Å²) in [7, 11) is 1.51. The number of carboxylic acid groups (broad SMARTS) is 1. The van der Waals surface area contributed by atoms with Gasteiger partial charge >= 0.3 is 5.97 Å². The van der Waals surface area contributed by atoms with E-state index in [4.69, 9.17) is 5.11 Å². The molecule has 0 saturated carbocycles. The molecule has 16 heavy (non-hydrogen) atoms. The molecule has 0 aliphatic rings. The summed E-state index contributed by atoms with van der Waals surface area (Å²) in [4.78, 5) is 34.2. The number of rotatable bonds is 5. The van der Waals surface area contributed by atoms with Crippen molar-refractivity contribution in [1.82, 2.24) is 10.2 Å². The second-order valence-electron chi connectivity index (χ2n) is 3.86. The molecule has 0 rings (SSSR count). The van der Waals surface area contributed by atoms with Gasteiger partial charge in [0.1, 0.15) is 0 Å². The molecule has 2 N–H and O–H groups in total. The third-order valence-corrected chi connectivity index (χ3v) is 2.45. The second kappa shape index (κ2) is 6.09. The monoisotopic (exact) mass is 230 g/mol. The lowest BCUT2D eigenvalue weighted by molar-refractivity contribution is -0.142. The van der Waals surface area contributed by atoms with E-state index in [9.17, 15) is 14.4 Å². The van der Waals surface area contributed by atoms with Crippen molar-refractivity contribution in [2.45, 2.75) is 26.8 Å². The highest BCUT2D eigenvalue weighted by Crippen LogP contribution is 2.02. The Morgan fingerprint density at radius 1 is 1.31 bits per heavy atom. The van der Waals surface area contributed by atoms with Gasteiger partial charge in [-0.2, -0.15) is 0 Å². The Bertz CT molecular complexity index is 291. The fourth-order valence-corrected chi connectivity index (χ4v) is 0.965. The molecule has 0 aromatic carbocycles. The first-order valence-electron chi connectivity index (χ1n) is 4.99. The number of likely N-dealkylation sites (N-methyl/N-ethyl adjacent to an activating group) is 1. The topological polar surface area (TPSA) is 86.7 Å². The van der Waals surface area contributed by atoms with Crippen LogP contribution in [0.15, 0.2) is 0 Å². The van der Waals surface area contributed by atoms with Gasteiger partial charge in [0.25, 0.3) is 0 Å². The third-order valence-electron chi connectivity index (χ3n) is 2.45. The molecule has 2 amide bonds. The molecule has 92 valence electrons. The third kappa shape index (κ3) is 4.77. The zero-order valence-corrected chi connectivity index (χ0v) is 9.98. The summed E-state index contributed by atoms with van der Waals surface area (Å²) in [6.07, 6.45) is 0.